The molecule has 0 heteroatoms. The van der Waals surface area contributed by atoms with Gasteiger partial charge in [0.2, 0.25) is 0 Å². The molecule has 0 aliphatic rings. The van der Waals surface area contributed by atoms with Crippen LogP contribution in [0.3, 0.4) is 0 Å². The molecule has 1 aromatic carbocycles. The Bertz CT molecular complexity index is 323. The van der Waals surface area contributed by atoms with Crippen molar-refractivity contribution in [2.45, 2.75) is 20.8 Å². The smallest absolute Gasteiger partial charge is 0.0187 e. The lowest BCUT2D eigenvalue weighted by Gasteiger charge is -2.14. The Kier molecular flexibility index (Phi) is 3.29. The van der Waals surface area contributed by atoms with Crippen molar-refractivity contribution >= 4 is 5.57 Å². The standard InChI is InChI=1S/C14H18/c1-5-12(11-14(2,3)4)13-9-7-6-8-10-13/h5-11H,1H2,2-4H3/b12-11+. The number of benzene rings is 1. The van der Waals surface area contributed by atoms with Crippen molar-refractivity contribution in [1.29, 1.82) is 0 Å². The van der Waals surface area contributed by atoms with Crippen LogP contribution in [-0.4, -0.2) is 0 Å². The molecular weight excluding hydrogens is 168 g/mol. The third kappa shape index (κ3) is 3.21. The van der Waals surface area contributed by atoms with Crippen molar-refractivity contribution in [3.63, 3.8) is 0 Å². The SMILES string of the molecule is C=C/C(=C\C(C)(C)C)c1ccccc1. The summed E-state index contributed by atoms with van der Waals surface area (Å²) in [6.45, 7) is 10.4. The molecule has 0 heterocycles. The van der Waals surface area contributed by atoms with E-state index in [1.807, 2.05) is 12.1 Å². The van der Waals surface area contributed by atoms with Gasteiger partial charge in [-0.25, -0.2) is 0 Å². The summed E-state index contributed by atoms with van der Waals surface area (Å²) in [5, 5.41) is 0. The Morgan fingerprint density at radius 2 is 1.71 bits per heavy atom. The van der Waals surface area contributed by atoms with Crippen molar-refractivity contribution < 1.29 is 0 Å². The third-order valence-corrected chi connectivity index (χ3v) is 1.92. The van der Waals surface area contributed by atoms with E-state index in [-0.39, 0.29) is 5.41 Å². The average molecular weight is 186 g/mol. The molecular formula is C14H18. The second-order valence-electron chi connectivity index (χ2n) is 4.54. The number of hydrogen-bond donors (Lipinski definition) is 0. The van der Waals surface area contributed by atoms with Gasteiger partial charge in [-0.05, 0) is 16.6 Å². The first-order chi connectivity index (χ1) is 6.53. The highest BCUT2D eigenvalue weighted by atomic mass is 14.1. The Labute approximate surface area is 87.0 Å². The van der Waals surface area contributed by atoms with Crippen molar-refractivity contribution in [3.8, 4) is 0 Å². The van der Waals surface area contributed by atoms with Crippen LogP contribution in [0.4, 0.5) is 0 Å². The third-order valence-electron chi connectivity index (χ3n) is 1.92. The number of hydrogen-bond acceptors (Lipinski definition) is 0. The molecule has 0 atom stereocenters. The van der Waals surface area contributed by atoms with E-state index in [4.69, 9.17) is 0 Å². The molecule has 1 rings (SSSR count). The van der Waals surface area contributed by atoms with Crippen LogP contribution in [0.25, 0.3) is 5.57 Å². The first kappa shape index (κ1) is 10.8. The fourth-order valence-corrected chi connectivity index (χ4v) is 1.36. The van der Waals surface area contributed by atoms with E-state index in [2.05, 4.69) is 57.7 Å². The van der Waals surface area contributed by atoms with E-state index in [1.54, 1.807) is 0 Å². The zero-order valence-corrected chi connectivity index (χ0v) is 9.25. The van der Waals surface area contributed by atoms with Crippen LogP contribution in [0, 0.1) is 5.41 Å². The van der Waals surface area contributed by atoms with Crippen LogP contribution in [0.5, 0.6) is 0 Å². The van der Waals surface area contributed by atoms with Gasteiger partial charge in [0.1, 0.15) is 0 Å². The molecule has 0 fully saturated rings. The highest BCUT2D eigenvalue weighted by molar-refractivity contribution is 5.73. The minimum atomic E-state index is 0.194. The predicted molar refractivity (Wildman–Crippen MR) is 64.1 cm³/mol. The van der Waals surface area contributed by atoms with Crippen molar-refractivity contribution in [3.05, 3.63) is 54.6 Å². The van der Waals surface area contributed by atoms with Crippen LogP contribution in [-0.2, 0) is 0 Å². The van der Waals surface area contributed by atoms with Gasteiger partial charge >= 0.3 is 0 Å². The van der Waals surface area contributed by atoms with Gasteiger partial charge < -0.3 is 0 Å². The normalized spacial score (nSPS) is 12.6. The molecule has 0 saturated carbocycles. The predicted octanol–water partition coefficient (Wildman–Crippen LogP) is 4.30. The summed E-state index contributed by atoms with van der Waals surface area (Å²) < 4.78 is 0. The van der Waals surface area contributed by atoms with Gasteiger partial charge in [-0.2, -0.15) is 0 Å². The summed E-state index contributed by atoms with van der Waals surface area (Å²) in [4.78, 5) is 0. The van der Waals surface area contributed by atoms with E-state index in [0.717, 1.165) is 0 Å². The molecule has 1 aromatic rings. The van der Waals surface area contributed by atoms with Crippen molar-refractivity contribution in [2.75, 3.05) is 0 Å². The molecule has 0 radical (unpaired) electrons. The fraction of sp³-hybridized carbons (Fsp3) is 0.286. The molecule has 0 unspecified atom stereocenters. The lowest BCUT2D eigenvalue weighted by atomic mass is 9.91. The second kappa shape index (κ2) is 4.28. The van der Waals surface area contributed by atoms with E-state index in [9.17, 15) is 0 Å². The van der Waals surface area contributed by atoms with E-state index >= 15 is 0 Å². The minimum Gasteiger partial charge on any atom is -0.0985 e. The maximum atomic E-state index is 3.85. The molecule has 0 saturated heterocycles. The Hall–Kier alpha value is -1.30. The number of rotatable bonds is 2. The summed E-state index contributed by atoms with van der Waals surface area (Å²) in [7, 11) is 0. The van der Waals surface area contributed by atoms with E-state index < -0.39 is 0 Å². The fourth-order valence-electron chi connectivity index (χ4n) is 1.36. The molecule has 0 bridgehead atoms. The van der Waals surface area contributed by atoms with Crippen molar-refractivity contribution in [1.82, 2.24) is 0 Å². The molecule has 0 spiro atoms. The summed E-state index contributed by atoms with van der Waals surface area (Å²) in [5.74, 6) is 0. The van der Waals surface area contributed by atoms with Gasteiger partial charge in [0.15, 0.2) is 0 Å². The zero-order chi connectivity index (χ0) is 10.6. The Balaban J connectivity index is 3.06. The highest BCUT2D eigenvalue weighted by Crippen LogP contribution is 2.24. The van der Waals surface area contributed by atoms with Crippen molar-refractivity contribution in [2.24, 2.45) is 5.41 Å². The van der Waals surface area contributed by atoms with Crippen LogP contribution < -0.4 is 0 Å². The first-order valence-corrected chi connectivity index (χ1v) is 4.93. The average Bonchev–Trinajstić information content (AvgIpc) is 2.14. The topological polar surface area (TPSA) is 0 Å². The molecule has 0 N–H and O–H groups in total. The van der Waals surface area contributed by atoms with Gasteiger partial charge in [-0.15, -0.1) is 0 Å². The van der Waals surface area contributed by atoms with Gasteiger partial charge in [0, 0.05) is 0 Å². The van der Waals surface area contributed by atoms with Gasteiger partial charge in [0.25, 0.3) is 0 Å². The van der Waals surface area contributed by atoms with Crippen LogP contribution in [0.15, 0.2) is 49.1 Å². The molecule has 0 aliphatic carbocycles. The van der Waals surface area contributed by atoms with Crippen LogP contribution in [0.1, 0.15) is 26.3 Å². The quantitative estimate of drug-likeness (QED) is 0.604. The van der Waals surface area contributed by atoms with Crippen LogP contribution in [0.2, 0.25) is 0 Å². The van der Waals surface area contributed by atoms with E-state index in [1.165, 1.54) is 11.1 Å². The molecule has 74 valence electrons. The van der Waals surface area contributed by atoms with Gasteiger partial charge in [-0.1, -0.05) is 69.8 Å². The lowest BCUT2D eigenvalue weighted by molar-refractivity contribution is 0.546. The molecule has 0 amide bonds. The van der Waals surface area contributed by atoms with Gasteiger partial charge in [-0.3, -0.25) is 0 Å². The maximum absolute atomic E-state index is 3.85. The number of allylic oxidation sites excluding steroid dienone is 3. The monoisotopic (exact) mass is 186 g/mol. The minimum absolute atomic E-state index is 0.194. The van der Waals surface area contributed by atoms with Crippen LogP contribution >= 0.6 is 0 Å². The lowest BCUT2D eigenvalue weighted by Crippen LogP contribution is -2.00. The molecule has 14 heavy (non-hydrogen) atoms. The Morgan fingerprint density at radius 1 is 1.14 bits per heavy atom. The second-order valence-corrected chi connectivity index (χ2v) is 4.54. The van der Waals surface area contributed by atoms with Gasteiger partial charge in [0.05, 0.1) is 0 Å². The highest BCUT2D eigenvalue weighted by Gasteiger charge is 2.07. The first-order valence-electron chi connectivity index (χ1n) is 4.93. The Morgan fingerprint density at radius 3 is 2.14 bits per heavy atom. The largest absolute Gasteiger partial charge is 0.0985 e. The maximum Gasteiger partial charge on any atom is -0.0187 e. The molecule has 0 aliphatic heterocycles. The summed E-state index contributed by atoms with van der Waals surface area (Å²) >= 11 is 0. The molecule has 0 aromatic heterocycles. The summed E-state index contributed by atoms with van der Waals surface area (Å²) in [6.07, 6.45) is 4.16. The summed E-state index contributed by atoms with van der Waals surface area (Å²) in [5.41, 5.74) is 2.63. The molecule has 0 nitrogen and oxygen atoms in total. The van der Waals surface area contributed by atoms with E-state index in [0.29, 0.717) is 0 Å². The zero-order valence-electron chi connectivity index (χ0n) is 9.25. The summed E-state index contributed by atoms with van der Waals surface area (Å²) in [6, 6.07) is 10.4.